The zero-order valence-electron chi connectivity index (χ0n) is 10.0. The number of hydrogen-bond donors (Lipinski definition) is 2. The van der Waals surface area contributed by atoms with Crippen molar-refractivity contribution in [2.45, 2.75) is 12.8 Å². The van der Waals surface area contributed by atoms with E-state index in [1.54, 1.807) is 7.11 Å². The highest BCUT2D eigenvalue weighted by Crippen LogP contribution is 2.37. The Balaban J connectivity index is 3.07. The van der Waals surface area contributed by atoms with Crippen LogP contribution in [0.3, 0.4) is 0 Å². The van der Waals surface area contributed by atoms with Crippen LogP contribution in [0.25, 0.3) is 0 Å². The fourth-order valence-electron chi connectivity index (χ4n) is 1.81. The third-order valence-electron chi connectivity index (χ3n) is 3.06. The summed E-state index contributed by atoms with van der Waals surface area (Å²) >= 11 is 12.2. The Bertz CT molecular complexity index is 358. The second-order valence-corrected chi connectivity index (χ2v) is 4.85. The molecule has 96 valence electrons. The molecule has 1 aromatic carbocycles. The number of methoxy groups -OCH3 is 1. The highest BCUT2D eigenvalue weighted by Gasteiger charge is 2.19. The second kappa shape index (κ2) is 6.45. The molecule has 0 amide bonds. The van der Waals surface area contributed by atoms with Crippen molar-refractivity contribution in [3.8, 4) is 5.75 Å². The lowest BCUT2D eigenvalue weighted by Crippen LogP contribution is -2.27. The van der Waals surface area contributed by atoms with Crippen LogP contribution in [0.2, 0.25) is 10.0 Å². The van der Waals surface area contributed by atoms with E-state index in [9.17, 15) is 0 Å². The molecule has 0 saturated carbocycles. The third kappa shape index (κ3) is 3.26. The lowest BCUT2D eigenvalue weighted by molar-refractivity contribution is 0.414. The van der Waals surface area contributed by atoms with Crippen LogP contribution in [-0.4, -0.2) is 20.2 Å². The number of hydrogen-bond acceptors (Lipinski definition) is 3. The molecule has 17 heavy (non-hydrogen) atoms. The fourth-order valence-corrected chi connectivity index (χ4v) is 2.47. The summed E-state index contributed by atoms with van der Waals surface area (Å²) in [7, 11) is 1.54. The van der Waals surface area contributed by atoms with E-state index in [4.69, 9.17) is 39.4 Å². The number of rotatable bonds is 5. The minimum absolute atomic E-state index is 0.214. The smallest absolute Gasteiger partial charge is 0.156 e. The van der Waals surface area contributed by atoms with Gasteiger partial charge in [0.2, 0.25) is 0 Å². The first kappa shape index (κ1) is 14.6. The van der Waals surface area contributed by atoms with E-state index in [0.717, 1.165) is 5.56 Å². The van der Waals surface area contributed by atoms with Crippen molar-refractivity contribution in [1.82, 2.24) is 0 Å². The summed E-state index contributed by atoms with van der Waals surface area (Å²) in [6.07, 6.45) is 0. The van der Waals surface area contributed by atoms with Crippen LogP contribution in [0.5, 0.6) is 5.75 Å². The van der Waals surface area contributed by atoms with Gasteiger partial charge in [0.1, 0.15) is 0 Å². The first-order valence-corrected chi connectivity index (χ1v) is 6.23. The second-order valence-electron chi connectivity index (χ2n) is 4.04. The molecule has 4 N–H and O–H groups in total. The van der Waals surface area contributed by atoms with Crippen molar-refractivity contribution >= 4 is 23.2 Å². The zero-order valence-corrected chi connectivity index (χ0v) is 11.6. The number of ether oxygens (including phenoxy) is 1. The van der Waals surface area contributed by atoms with Crippen LogP contribution in [0.1, 0.15) is 18.4 Å². The van der Waals surface area contributed by atoms with Crippen LogP contribution < -0.4 is 16.2 Å². The van der Waals surface area contributed by atoms with E-state index < -0.39 is 0 Å². The Labute approximate surface area is 112 Å². The Morgan fingerprint density at radius 2 is 1.65 bits per heavy atom. The van der Waals surface area contributed by atoms with Gasteiger partial charge >= 0.3 is 0 Å². The predicted octanol–water partition coefficient (Wildman–Crippen LogP) is 2.64. The highest BCUT2D eigenvalue weighted by molar-refractivity contribution is 6.37. The highest BCUT2D eigenvalue weighted by atomic mass is 35.5. The Morgan fingerprint density at radius 1 is 1.18 bits per heavy atom. The van der Waals surface area contributed by atoms with Gasteiger partial charge in [0.15, 0.2) is 5.75 Å². The molecule has 1 atom stereocenters. The van der Waals surface area contributed by atoms with Crippen LogP contribution >= 0.6 is 23.2 Å². The average molecular weight is 277 g/mol. The summed E-state index contributed by atoms with van der Waals surface area (Å²) in [6.45, 7) is 3.15. The van der Waals surface area contributed by atoms with Gasteiger partial charge in [0, 0.05) is 0 Å². The van der Waals surface area contributed by atoms with Crippen molar-refractivity contribution < 1.29 is 4.74 Å². The Kier molecular flexibility index (Phi) is 5.53. The maximum Gasteiger partial charge on any atom is 0.156 e. The first-order chi connectivity index (χ1) is 8.04. The number of benzene rings is 1. The molecule has 0 aliphatic heterocycles. The minimum atomic E-state index is 0.214. The molecular formula is C12H18Cl2N2O. The molecule has 0 aliphatic rings. The molecule has 1 aromatic rings. The van der Waals surface area contributed by atoms with Gasteiger partial charge in [0.05, 0.1) is 17.2 Å². The van der Waals surface area contributed by atoms with Crippen LogP contribution in [0.15, 0.2) is 12.1 Å². The maximum atomic E-state index is 6.10. The van der Waals surface area contributed by atoms with Crippen LogP contribution in [0.4, 0.5) is 0 Å². The summed E-state index contributed by atoms with van der Waals surface area (Å²) in [4.78, 5) is 0. The van der Waals surface area contributed by atoms with Crippen molar-refractivity contribution in [2.75, 3.05) is 20.2 Å². The third-order valence-corrected chi connectivity index (χ3v) is 3.62. The summed E-state index contributed by atoms with van der Waals surface area (Å²) in [6, 6.07) is 3.71. The monoisotopic (exact) mass is 276 g/mol. The molecule has 0 fully saturated rings. The van der Waals surface area contributed by atoms with Crippen LogP contribution in [0, 0.1) is 5.92 Å². The van der Waals surface area contributed by atoms with Gasteiger partial charge in [0.25, 0.3) is 0 Å². The topological polar surface area (TPSA) is 61.3 Å². The molecule has 5 heteroatoms. The van der Waals surface area contributed by atoms with Gasteiger partial charge in [-0.2, -0.15) is 0 Å². The molecule has 3 nitrogen and oxygen atoms in total. The summed E-state index contributed by atoms with van der Waals surface area (Å²) in [5.41, 5.74) is 12.4. The maximum absolute atomic E-state index is 6.10. The molecule has 0 radical (unpaired) electrons. The summed E-state index contributed by atoms with van der Waals surface area (Å²) in [5.74, 6) is 0.933. The lowest BCUT2D eigenvalue weighted by atomic mass is 9.87. The van der Waals surface area contributed by atoms with Crippen molar-refractivity contribution in [3.63, 3.8) is 0 Å². The zero-order chi connectivity index (χ0) is 13.0. The van der Waals surface area contributed by atoms with E-state index >= 15 is 0 Å². The van der Waals surface area contributed by atoms with E-state index in [0.29, 0.717) is 28.9 Å². The van der Waals surface area contributed by atoms with Crippen molar-refractivity contribution in [1.29, 1.82) is 0 Å². The van der Waals surface area contributed by atoms with Crippen LogP contribution in [-0.2, 0) is 0 Å². The van der Waals surface area contributed by atoms with Crippen molar-refractivity contribution in [2.24, 2.45) is 17.4 Å². The molecule has 0 bridgehead atoms. The SMILES string of the molecule is COc1c(Cl)cc(C(C)C(CN)CN)cc1Cl. The van der Waals surface area contributed by atoms with Crippen molar-refractivity contribution in [3.05, 3.63) is 27.7 Å². The van der Waals surface area contributed by atoms with E-state index in [1.165, 1.54) is 0 Å². The summed E-state index contributed by atoms with van der Waals surface area (Å²) < 4.78 is 5.11. The number of nitrogens with two attached hydrogens (primary N) is 2. The largest absolute Gasteiger partial charge is 0.494 e. The molecular weight excluding hydrogens is 259 g/mol. The molecule has 1 rings (SSSR count). The predicted molar refractivity (Wildman–Crippen MR) is 73.0 cm³/mol. The Morgan fingerprint density at radius 3 is 2.00 bits per heavy atom. The van der Waals surface area contributed by atoms with Gasteiger partial charge in [-0.3, -0.25) is 0 Å². The van der Waals surface area contributed by atoms with E-state index in [2.05, 4.69) is 6.92 Å². The molecule has 0 spiro atoms. The average Bonchev–Trinajstić information content (AvgIpc) is 2.30. The normalized spacial score (nSPS) is 12.9. The quantitative estimate of drug-likeness (QED) is 0.869. The van der Waals surface area contributed by atoms with E-state index in [1.807, 2.05) is 12.1 Å². The molecule has 0 aliphatic carbocycles. The lowest BCUT2D eigenvalue weighted by Gasteiger charge is -2.22. The Hall–Kier alpha value is -0.480. The first-order valence-electron chi connectivity index (χ1n) is 5.48. The molecule has 0 aromatic heterocycles. The van der Waals surface area contributed by atoms with Gasteiger partial charge in [-0.1, -0.05) is 30.1 Å². The molecule has 1 unspecified atom stereocenters. The van der Waals surface area contributed by atoms with Gasteiger partial charge in [-0.25, -0.2) is 0 Å². The van der Waals surface area contributed by atoms with E-state index in [-0.39, 0.29) is 11.8 Å². The number of halogens is 2. The molecule has 0 heterocycles. The minimum Gasteiger partial charge on any atom is -0.494 e. The molecule has 0 saturated heterocycles. The fraction of sp³-hybridized carbons (Fsp3) is 0.500. The van der Waals surface area contributed by atoms with Gasteiger partial charge < -0.3 is 16.2 Å². The van der Waals surface area contributed by atoms with Gasteiger partial charge in [-0.05, 0) is 42.6 Å². The standard InChI is InChI=1S/C12H18Cl2N2O/c1-7(9(5-15)6-16)8-3-10(13)12(17-2)11(14)4-8/h3-4,7,9H,5-6,15-16H2,1-2H3. The van der Waals surface area contributed by atoms with Gasteiger partial charge in [-0.15, -0.1) is 0 Å². The summed E-state index contributed by atoms with van der Waals surface area (Å²) in [5, 5.41) is 1.02.